The molecular weight excluding hydrogens is 372 g/mol. The summed E-state index contributed by atoms with van der Waals surface area (Å²) in [5.74, 6) is 0. The number of hydrogen-bond acceptors (Lipinski definition) is 5. The van der Waals surface area contributed by atoms with Crippen LogP contribution in [0.15, 0.2) is 34.2 Å². The minimum atomic E-state index is -0.358. The molecule has 0 spiro atoms. The Morgan fingerprint density at radius 1 is 1.27 bits per heavy atom. The molecule has 0 unspecified atom stereocenters. The second-order valence-corrected chi connectivity index (χ2v) is 6.60. The van der Waals surface area contributed by atoms with E-state index in [4.69, 9.17) is 23.8 Å². The number of aromatic amines is 1. The largest absolute Gasteiger partial charge is 0.296 e. The van der Waals surface area contributed by atoms with E-state index in [1.807, 2.05) is 42.8 Å². The van der Waals surface area contributed by atoms with Gasteiger partial charge in [0.15, 0.2) is 0 Å². The van der Waals surface area contributed by atoms with Crippen LogP contribution in [0, 0.1) is 25.5 Å². The number of hydrogen-bond donors (Lipinski definition) is 1. The summed E-state index contributed by atoms with van der Waals surface area (Å²) < 4.78 is 3.11. The van der Waals surface area contributed by atoms with Gasteiger partial charge < -0.3 is 0 Å². The van der Waals surface area contributed by atoms with Gasteiger partial charge in [-0.25, -0.2) is 0 Å². The molecule has 9 heteroatoms. The molecule has 0 bridgehead atoms. The van der Waals surface area contributed by atoms with E-state index in [2.05, 4.69) is 20.4 Å². The molecule has 2 aromatic heterocycles. The lowest BCUT2D eigenvalue weighted by atomic mass is 10.2. The summed E-state index contributed by atoms with van der Waals surface area (Å²) in [4.78, 5) is 12.1. The minimum absolute atomic E-state index is 0.135. The second kappa shape index (κ2) is 7.35. The van der Waals surface area contributed by atoms with Crippen molar-refractivity contribution in [1.29, 1.82) is 0 Å². The Balaban J connectivity index is 1.97. The molecule has 0 atom stereocenters. The van der Waals surface area contributed by atoms with Crippen LogP contribution < -0.4 is 5.56 Å². The van der Waals surface area contributed by atoms with Crippen molar-refractivity contribution in [3.63, 3.8) is 0 Å². The molecule has 0 aliphatic rings. The first-order valence-electron chi connectivity index (χ1n) is 7.88. The van der Waals surface area contributed by atoms with Crippen LogP contribution in [0.5, 0.6) is 0 Å². The van der Waals surface area contributed by atoms with E-state index in [9.17, 15) is 4.79 Å². The molecular formula is C17H17ClN6OS. The second-order valence-electron chi connectivity index (χ2n) is 5.81. The molecule has 26 heavy (non-hydrogen) atoms. The molecule has 0 aliphatic heterocycles. The monoisotopic (exact) mass is 388 g/mol. The lowest BCUT2D eigenvalue weighted by Crippen LogP contribution is -2.22. The molecule has 2 heterocycles. The van der Waals surface area contributed by atoms with Gasteiger partial charge in [-0.2, -0.15) is 20.0 Å². The Hall–Kier alpha value is -2.58. The van der Waals surface area contributed by atoms with Crippen molar-refractivity contribution in [1.82, 2.24) is 24.7 Å². The average Bonchev–Trinajstić information content (AvgIpc) is 2.87. The smallest absolute Gasteiger partial charge is 0.265 e. The summed E-state index contributed by atoms with van der Waals surface area (Å²) in [5.41, 5.74) is 3.45. The molecule has 0 saturated carbocycles. The number of nitrogens with zero attached hydrogens (tertiary/aromatic N) is 5. The minimum Gasteiger partial charge on any atom is -0.265 e. The van der Waals surface area contributed by atoms with Crippen LogP contribution in [0.1, 0.15) is 28.2 Å². The first-order chi connectivity index (χ1) is 12.4. The van der Waals surface area contributed by atoms with Gasteiger partial charge >= 0.3 is 0 Å². The van der Waals surface area contributed by atoms with Crippen molar-refractivity contribution >= 4 is 30.0 Å². The van der Waals surface area contributed by atoms with Crippen LogP contribution in [0.3, 0.4) is 0 Å². The first-order valence-corrected chi connectivity index (χ1v) is 8.67. The Kier molecular flexibility index (Phi) is 5.15. The van der Waals surface area contributed by atoms with E-state index < -0.39 is 0 Å². The van der Waals surface area contributed by atoms with Gasteiger partial charge in [0.05, 0.1) is 18.5 Å². The SMILES string of the molecule is Cc1nn(Cc2ccccc2Cl)c(C)c1C=Nn1c(=S)[nH]nc(C)c1=O. The highest BCUT2D eigenvalue weighted by Crippen LogP contribution is 2.18. The van der Waals surface area contributed by atoms with Gasteiger partial charge in [0, 0.05) is 16.3 Å². The number of benzene rings is 1. The average molecular weight is 389 g/mol. The Morgan fingerprint density at radius 2 is 2.00 bits per heavy atom. The van der Waals surface area contributed by atoms with Crippen molar-refractivity contribution < 1.29 is 0 Å². The van der Waals surface area contributed by atoms with Gasteiger partial charge in [0.2, 0.25) is 4.77 Å². The predicted octanol–water partition coefficient (Wildman–Crippen LogP) is 3.01. The van der Waals surface area contributed by atoms with Crippen molar-refractivity contribution in [3.05, 3.63) is 72.6 Å². The van der Waals surface area contributed by atoms with Crippen LogP contribution in [0.25, 0.3) is 0 Å². The highest BCUT2D eigenvalue weighted by Gasteiger charge is 2.12. The van der Waals surface area contributed by atoms with Crippen LogP contribution in [-0.2, 0) is 6.54 Å². The molecule has 7 nitrogen and oxygen atoms in total. The van der Waals surface area contributed by atoms with Gasteiger partial charge in [-0.1, -0.05) is 29.8 Å². The van der Waals surface area contributed by atoms with Gasteiger partial charge in [0.1, 0.15) is 5.69 Å². The molecule has 0 amide bonds. The zero-order valence-electron chi connectivity index (χ0n) is 14.5. The Bertz CT molecular complexity index is 1110. The van der Waals surface area contributed by atoms with Crippen LogP contribution in [-0.4, -0.2) is 30.9 Å². The highest BCUT2D eigenvalue weighted by molar-refractivity contribution is 7.71. The molecule has 0 fully saturated rings. The summed E-state index contributed by atoms with van der Waals surface area (Å²) in [6.45, 7) is 5.98. The normalized spacial score (nSPS) is 11.4. The molecule has 0 saturated heterocycles. The van der Waals surface area contributed by atoms with E-state index in [1.165, 1.54) is 0 Å². The summed E-state index contributed by atoms with van der Waals surface area (Å²) >= 11 is 11.3. The van der Waals surface area contributed by atoms with Crippen LogP contribution >= 0.6 is 23.8 Å². The molecule has 1 aromatic carbocycles. The lowest BCUT2D eigenvalue weighted by Gasteiger charge is -2.06. The summed E-state index contributed by atoms with van der Waals surface area (Å²) in [6.07, 6.45) is 1.59. The number of aromatic nitrogens is 5. The first kappa shape index (κ1) is 18.2. The maximum Gasteiger partial charge on any atom is 0.296 e. The van der Waals surface area contributed by atoms with E-state index in [0.29, 0.717) is 17.3 Å². The molecule has 134 valence electrons. The van der Waals surface area contributed by atoms with Gasteiger partial charge in [-0.05, 0) is 44.6 Å². The topological polar surface area (TPSA) is 80.9 Å². The predicted molar refractivity (Wildman–Crippen MR) is 104 cm³/mol. The third-order valence-corrected chi connectivity index (χ3v) is 4.66. The van der Waals surface area contributed by atoms with Crippen molar-refractivity contribution in [3.8, 4) is 0 Å². The summed E-state index contributed by atoms with van der Waals surface area (Å²) in [7, 11) is 0. The number of aryl methyl sites for hydroxylation is 2. The van der Waals surface area contributed by atoms with Crippen LogP contribution in [0.4, 0.5) is 0 Å². The maximum atomic E-state index is 12.1. The van der Waals surface area contributed by atoms with E-state index in [0.717, 1.165) is 27.2 Å². The number of nitrogens with one attached hydrogen (secondary N) is 1. The molecule has 3 aromatic rings. The molecule has 1 N–H and O–H groups in total. The third kappa shape index (κ3) is 3.51. The van der Waals surface area contributed by atoms with Crippen LogP contribution in [0.2, 0.25) is 5.02 Å². The fourth-order valence-electron chi connectivity index (χ4n) is 2.53. The fraction of sp³-hybridized carbons (Fsp3) is 0.235. The van der Waals surface area contributed by atoms with E-state index in [-0.39, 0.29) is 10.3 Å². The zero-order valence-corrected chi connectivity index (χ0v) is 16.1. The molecule has 0 radical (unpaired) electrons. The molecule has 3 rings (SSSR count). The number of H-pyrrole nitrogens is 1. The highest BCUT2D eigenvalue weighted by atomic mass is 35.5. The Morgan fingerprint density at radius 3 is 2.73 bits per heavy atom. The standard InChI is InChI=1S/C17H17ClN6OS/c1-10-14(8-19-24-16(25)11(2)20-21-17(24)26)12(3)23(22-10)9-13-6-4-5-7-15(13)18/h4-8H,9H2,1-3H3,(H,21,26). The molecule has 0 aliphatic carbocycles. The lowest BCUT2D eigenvalue weighted by molar-refractivity contribution is 0.659. The summed E-state index contributed by atoms with van der Waals surface area (Å²) in [5, 5.41) is 15.9. The van der Waals surface area contributed by atoms with Crippen molar-refractivity contribution in [2.45, 2.75) is 27.3 Å². The number of rotatable bonds is 4. The van der Waals surface area contributed by atoms with E-state index in [1.54, 1.807) is 13.1 Å². The van der Waals surface area contributed by atoms with E-state index >= 15 is 0 Å². The van der Waals surface area contributed by atoms with Gasteiger partial charge in [-0.3, -0.25) is 14.6 Å². The zero-order chi connectivity index (χ0) is 18.8. The Labute approximate surface area is 160 Å². The van der Waals surface area contributed by atoms with Crippen molar-refractivity contribution in [2.24, 2.45) is 5.10 Å². The van der Waals surface area contributed by atoms with Gasteiger partial charge in [0.25, 0.3) is 5.56 Å². The maximum absolute atomic E-state index is 12.1. The third-order valence-electron chi connectivity index (χ3n) is 4.03. The van der Waals surface area contributed by atoms with Gasteiger partial charge in [-0.15, -0.1) is 0 Å². The quantitative estimate of drug-likeness (QED) is 0.550. The fourth-order valence-corrected chi connectivity index (χ4v) is 2.90. The van der Waals surface area contributed by atoms with Crippen molar-refractivity contribution in [2.75, 3.05) is 0 Å². The number of halogens is 1. The summed E-state index contributed by atoms with van der Waals surface area (Å²) in [6, 6.07) is 7.65.